The minimum atomic E-state index is -4.66. The van der Waals surface area contributed by atoms with Gasteiger partial charge in [0, 0.05) is 24.9 Å². The lowest BCUT2D eigenvalue weighted by molar-refractivity contribution is -0.145. The molecular weight excluding hydrogens is 307 g/mol. The van der Waals surface area contributed by atoms with Crippen molar-refractivity contribution in [1.29, 1.82) is 0 Å². The van der Waals surface area contributed by atoms with Gasteiger partial charge in [0.15, 0.2) is 5.16 Å². The van der Waals surface area contributed by atoms with Crippen LogP contribution in [-0.2, 0) is 6.18 Å². The van der Waals surface area contributed by atoms with Gasteiger partial charge in [0.1, 0.15) is 10.8 Å². The molecule has 0 atom stereocenters. The van der Waals surface area contributed by atoms with Crippen molar-refractivity contribution in [3.8, 4) is 0 Å². The van der Waals surface area contributed by atoms with Crippen LogP contribution in [0.15, 0.2) is 27.1 Å². The quantitative estimate of drug-likeness (QED) is 0.666. The van der Waals surface area contributed by atoms with Crippen molar-refractivity contribution in [3.63, 3.8) is 0 Å². The number of anilines is 1. The highest BCUT2D eigenvalue weighted by Crippen LogP contribution is 2.30. The van der Waals surface area contributed by atoms with Gasteiger partial charge in [-0.25, -0.2) is 15.0 Å². The number of alkyl halides is 3. The number of nitrogens with zero attached hydrogens (tertiary/aromatic N) is 3. The Balaban J connectivity index is 2.41. The zero-order valence-corrected chi connectivity index (χ0v) is 11.8. The second-order valence-corrected chi connectivity index (χ2v) is 4.97. The monoisotopic (exact) mass is 317 g/mol. The van der Waals surface area contributed by atoms with Gasteiger partial charge in [-0.15, -0.1) is 0 Å². The third kappa shape index (κ3) is 3.94. The fourth-order valence-electron chi connectivity index (χ4n) is 1.43. The molecule has 2 aromatic heterocycles. The molecule has 0 aliphatic carbocycles. The zero-order valence-electron chi connectivity index (χ0n) is 10.9. The Kier molecular flexibility index (Phi) is 4.16. The topological polar surface area (TPSA) is 83.6 Å². The van der Waals surface area contributed by atoms with E-state index in [2.05, 4.69) is 25.3 Å². The molecule has 0 saturated carbocycles. The molecule has 0 aliphatic heterocycles. The van der Waals surface area contributed by atoms with Crippen molar-refractivity contribution in [3.05, 3.63) is 34.0 Å². The molecule has 0 bridgehead atoms. The smallest absolute Gasteiger partial charge is 0.373 e. The molecule has 21 heavy (non-hydrogen) atoms. The second kappa shape index (κ2) is 5.72. The Morgan fingerprint density at radius 1 is 1.24 bits per heavy atom. The summed E-state index contributed by atoms with van der Waals surface area (Å²) in [4.78, 5) is 24.5. The summed E-state index contributed by atoms with van der Waals surface area (Å²) in [5.41, 5.74) is 0.0733. The fraction of sp³-hybridized carbons (Fsp3) is 0.273. The Labute approximate surface area is 121 Å². The number of rotatable bonds is 3. The van der Waals surface area contributed by atoms with E-state index in [-0.39, 0.29) is 21.6 Å². The van der Waals surface area contributed by atoms with Crippen molar-refractivity contribution in [2.45, 2.75) is 23.3 Å². The second-order valence-electron chi connectivity index (χ2n) is 3.96. The number of hydrogen-bond acceptors (Lipinski definition) is 6. The van der Waals surface area contributed by atoms with Crippen molar-refractivity contribution in [2.75, 3.05) is 12.4 Å². The largest absolute Gasteiger partial charge is 0.451 e. The Bertz CT molecular complexity index is 716. The Morgan fingerprint density at radius 2 is 1.95 bits per heavy atom. The summed E-state index contributed by atoms with van der Waals surface area (Å²) < 4.78 is 38.1. The van der Waals surface area contributed by atoms with Crippen molar-refractivity contribution in [1.82, 2.24) is 19.9 Å². The standard InChI is InChI=1S/C11H10F3N5OS/c1-5-3-7(20)18-10(16-5)21-8-4-6(15-2)17-9(19-8)11(12,13)14/h3-4H,1-2H3,(H,15,17,19)(H,16,18,20). The van der Waals surface area contributed by atoms with Crippen LogP contribution < -0.4 is 10.9 Å². The Morgan fingerprint density at radius 3 is 2.52 bits per heavy atom. The molecule has 0 saturated heterocycles. The van der Waals surface area contributed by atoms with Crippen LogP contribution in [0.5, 0.6) is 0 Å². The highest BCUT2D eigenvalue weighted by atomic mass is 32.2. The van der Waals surface area contributed by atoms with E-state index in [0.29, 0.717) is 5.69 Å². The molecule has 0 aromatic carbocycles. The van der Waals surface area contributed by atoms with Crippen LogP contribution in [-0.4, -0.2) is 27.0 Å². The van der Waals surface area contributed by atoms with E-state index in [1.54, 1.807) is 6.92 Å². The lowest BCUT2D eigenvalue weighted by atomic mass is 10.5. The summed E-state index contributed by atoms with van der Waals surface area (Å²) in [6.07, 6.45) is -4.66. The third-order valence-corrected chi connectivity index (χ3v) is 3.07. The SMILES string of the molecule is CNc1cc(Sc2nc(C)cc(=O)[nH]2)nc(C(F)(F)F)n1. The molecule has 112 valence electrons. The van der Waals surface area contributed by atoms with Crippen LogP contribution in [0.1, 0.15) is 11.5 Å². The van der Waals surface area contributed by atoms with E-state index in [0.717, 1.165) is 11.8 Å². The number of halogens is 3. The predicted molar refractivity (Wildman–Crippen MR) is 70.3 cm³/mol. The molecule has 2 heterocycles. The predicted octanol–water partition coefficient (Wildman–Crippen LogP) is 2.08. The third-order valence-electron chi connectivity index (χ3n) is 2.26. The summed E-state index contributed by atoms with van der Waals surface area (Å²) >= 11 is 0.818. The maximum absolute atomic E-state index is 12.7. The fourth-order valence-corrected chi connectivity index (χ4v) is 2.27. The minimum absolute atomic E-state index is 0.0230. The highest BCUT2D eigenvalue weighted by Gasteiger charge is 2.35. The number of aromatic nitrogens is 4. The van der Waals surface area contributed by atoms with Gasteiger partial charge in [0.2, 0.25) is 5.82 Å². The van der Waals surface area contributed by atoms with E-state index >= 15 is 0 Å². The van der Waals surface area contributed by atoms with Crippen LogP contribution in [0.25, 0.3) is 0 Å². The van der Waals surface area contributed by atoms with Gasteiger partial charge in [-0.1, -0.05) is 0 Å². The first-order valence-electron chi connectivity index (χ1n) is 5.68. The van der Waals surface area contributed by atoms with Gasteiger partial charge in [-0.3, -0.25) is 4.79 Å². The first kappa shape index (κ1) is 15.3. The molecule has 10 heteroatoms. The number of nitrogens with one attached hydrogen (secondary N) is 2. The van der Waals surface area contributed by atoms with E-state index < -0.39 is 12.0 Å². The molecule has 0 radical (unpaired) electrons. The minimum Gasteiger partial charge on any atom is -0.373 e. The molecular formula is C11H10F3N5OS. The molecule has 0 spiro atoms. The van der Waals surface area contributed by atoms with E-state index in [1.165, 1.54) is 19.2 Å². The van der Waals surface area contributed by atoms with Crippen LogP contribution >= 0.6 is 11.8 Å². The van der Waals surface area contributed by atoms with Gasteiger partial charge >= 0.3 is 6.18 Å². The molecule has 2 N–H and O–H groups in total. The first-order valence-corrected chi connectivity index (χ1v) is 6.49. The molecule has 0 amide bonds. The average Bonchev–Trinajstić information content (AvgIpc) is 2.36. The van der Waals surface area contributed by atoms with Crippen LogP contribution in [0, 0.1) is 6.92 Å². The summed E-state index contributed by atoms with van der Waals surface area (Å²) in [6.45, 7) is 1.61. The highest BCUT2D eigenvalue weighted by molar-refractivity contribution is 7.99. The van der Waals surface area contributed by atoms with Gasteiger partial charge < -0.3 is 10.3 Å². The lowest BCUT2D eigenvalue weighted by Crippen LogP contribution is -2.13. The summed E-state index contributed by atoms with van der Waals surface area (Å²) in [5.74, 6) is -1.23. The van der Waals surface area contributed by atoms with Crippen LogP contribution in [0.3, 0.4) is 0 Å². The summed E-state index contributed by atoms with van der Waals surface area (Å²) in [5, 5.41) is 2.72. The van der Waals surface area contributed by atoms with E-state index in [1.807, 2.05) is 0 Å². The van der Waals surface area contributed by atoms with Gasteiger partial charge in [0.25, 0.3) is 5.56 Å². The molecule has 2 aromatic rings. The van der Waals surface area contributed by atoms with Gasteiger partial charge in [-0.2, -0.15) is 13.2 Å². The molecule has 2 rings (SSSR count). The molecule has 0 aliphatic rings. The number of H-pyrrole nitrogens is 1. The summed E-state index contributed by atoms with van der Waals surface area (Å²) in [6, 6.07) is 2.62. The van der Waals surface area contributed by atoms with E-state index in [4.69, 9.17) is 0 Å². The van der Waals surface area contributed by atoms with Crippen LogP contribution in [0.2, 0.25) is 0 Å². The van der Waals surface area contributed by atoms with Crippen LogP contribution in [0.4, 0.5) is 19.0 Å². The lowest BCUT2D eigenvalue weighted by Gasteiger charge is -2.09. The Hall–Kier alpha value is -2.10. The normalized spacial score (nSPS) is 11.5. The zero-order chi connectivity index (χ0) is 15.6. The van der Waals surface area contributed by atoms with Crippen molar-refractivity contribution >= 4 is 17.6 Å². The molecule has 0 unspecified atom stereocenters. The maximum Gasteiger partial charge on any atom is 0.451 e. The van der Waals surface area contributed by atoms with Crippen molar-refractivity contribution < 1.29 is 13.2 Å². The maximum atomic E-state index is 12.7. The first-order chi connectivity index (χ1) is 9.77. The molecule has 6 nitrogen and oxygen atoms in total. The number of hydrogen-bond donors (Lipinski definition) is 2. The number of aromatic amines is 1. The van der Waals surface area contributed by atoms with Gasteiger partial charge in [-0.05, 0) is 18.7 Å². The average molecular weight is 317 g/mol. The molecule has 0 fully saturated rings. The van der Waals surface area contributed by atoms with Crippen molar-refractivity contribution in [2.24, 2.45) is 0 Å². The van der Waals surface area contributed by atoms with Gasteiger partial charge in [0.05, 0.1) is 0 Å². The summed E-state index contributed by atoms with van der Waals surface area (Å²) in [7, 11) is 1.45. The van der Waals surface area contributed by atoms with E-state index in [9.17, 15) is 18.0 Å². The number of aryl methyl sites for hydroxylation is 1.